The number of hydrogen-bond acceptors (Lipinski definition) is 3. The first-order chi connectivity index (χ1) is 7.29. The first-order valence-electron chi connectivity index (χ1n) is 4.37. The molecule has 0 saturated carbocycles. The zero-order valence-corrected chi connectivity index (χ0v) is 8.53. The summed E-state index contributed by atoms with van der Waals surface area (Å²) in [5.41, 5.74) is 1.44. The summed E-state index contributed by atoms with van der Waals surface area (Å²) in [5.74, 6) is 0.489. The second-order valence-electron chi connectivity index (χ2n) is 2.99. The molecule has 4 heteroatoms. The SMILES string of the molecule is N#CCc1coc(-c2cccc(Cl)c2)n1. The third-order valence-corrected chi connectivity index (χ3v) is 2.12. The summed E-state index contributed by atoms with van der Waals surface area (Å²) in [6, 6.07) is 9.24. The molecule has 0 spiro atoms. The molecule has 3 nitrogen and oxygen atoms in total. The van der Waals surface area contributed by atoms with Crippen LogP contribution in [0.25, 0.3) is 11.5 Å². The van der Waals surface area contributed by atoms with E-state index in [1.165, 1.54) is 6.26 Å². The van der Waals surface area contributed by atoms with Crippen LogP contribution in [0.5, 0.6) is 0 Å². The number of benzene rings is 1. The number of halogens is 1. The lowest BCUT2D eigenvalue weighted by Crippen LogP contribution is -1.81. The van der Waals surface area contributed by atoms with Gasteiger partial charge in [0, 0.05) is 10.6 Å². The highest BCUT2D eigenvalue weighted by atomic mass is 35.5. The van der Waals surface area contributed by atoms with E-state index in [9.17, 15) is 0 Å². The van der Waals surface area contributed by atoms with Crippen LogP contribution in [0.15, 0.2) is 34.9 Å². The highest BCUT2D eigenvalue weighted by Gasteiger charge is 2.06. The standard InChI is InChI=1S/C11H7ClN2O/c12-9-3-1-2-8(6-9)11-14-10(4-5-13)7-15-11/h1-3,6-7H,4H2. The largest absolute Gasteiger partial charge is 0.444 e. The normalized spacial score (nSPS) is 9.87. The lowest BCUT2D eigenvalue weighted by Gasteiger charge is -1.94. The summed E-state index contributed by atoms with van der Waals surface area (Å²) in [7, 11) is 0. The van der Waals surface area contributed by atoms with Gasteiger partial charge in [0.25, 0.3) is 0 Å². The first-order valence-corrected chi connectivity index (χ1v) is 4.74. The fourth-order valence-electron chi connectivity index (χ4n) is 1.22. The molecule has 0 atom stereocenters. The van der Waals surface area contributed by atoms with Gasteiger partial charge in [-0.2, -0.15) is 5.26 Å². The summed E-state index contributed by atoms with van der Waals surface area (Å²) in [4.78, 5) is 4.16. The average Bonchev–Trinajstić information content (AvgIpc) is 2.67. The predicted molar refractivity (Wildman–Crippen MR) is 56.3 cm³/mol. The number of aromatic nitrogens is 1. The van der Waals surface area contributed by atoms with Crippen LogP contribution in [0.4, 0.5) is 0 Å². The van der Waals surface area contributed by atoms with Gasteiger partial charge in [0.05, 0.1) is 18.2 Å². The van der Waals surface area contributed by atoms with Crippen molar-refractivity contribution in [3.8, 4) is 17.5 Å². The summed E-state index contributed by atoms with van der Waals surface area (Å²) >= 11 is 5.84. The Bertz CT molecular complexity index is 513. The molecule has 0 saturated heterocycles. The van der Waals surface area contributed by atoms with Crippen LogP contribution in [0.2, 0.25) is 5.02 Å². The molecule has 0 N–H and O–H groups in total. The van der Waals surface area contributed by atoms with Gasteiger partial charge in [0.15, 0.2) is 0 Å². The van der Waals surface area contributed by atoms with Gasteiger partial charge in [-0.3, -0.25) is 0 Å². The van der Waals surface area contributed by atoms with Crippen LogP contribution in [-0.2, 0) is 6.42 Å². The van der Waals surface area contributed by atoms with E-state index >= 15 is 0 Å². The lowest BCUT2D eigenvalue weighted by molar-refractivity contribution is 0.573. The minimum absolute atomic E-state index is 0.254. The van der Waals surface area contributed by atoms with Crippen molar-refractivity contribution in [1.82, 2.24) is 4.98 Å². The summed E-state index contributed by atoms with van der Waals surface area (Å²) in [6.45, 7) is 0. The average molecular weight is 219 g/mol. The second kappa shape index (κ2) is 4.16. The van der Waals surface area contributed by atoms with Crippen molar-refractivity contribution < 1.29 is 4.42 Å². The van der Waals surface area contributed by atoms with E-state index in [4.69, 9.17) is 21.3 Å². The van der Waals surface area contributed by atoms with Crippen molar-refractivity contribution in [2.45, 2.75) is 6.42 Å². The Morgan fingerprint density at radius 3 is 3.07 bits per heavy atom. The van der Waals surface area contributed by atoms with Gasteiger partial charge >= 0.3 is 0 Å². The molecule has 2 aromatic rings. The van der Waals surface area contributed by atoms with Crippen molar-refractivity contribution in [1.29, 1.82) is 5.26 Å². The Labute approximate surface area is 91.9 Å². The molecular weight excluding hydrogens is 212 g/mol. The molecule has 2 rings (SSSR count). The minimum Gasteiger partial charge on any atom is -0.444 e. The van der Waals surface area contributed by atoms with Crippen LogP contribution in [0, 0.1) is 11.3 Å². The number of nitriles is 1. The minimum atomic E-state index is 0.254. The zero-order chi connectivity index (χ0) is 10.7. The quantitative estimate of drug-likeness (QED) is 0.779. The van der Waals surface area contributed by atoms with Crippen LogP contribution in [0.1, 0.15) is 5.69 Å². The van der Waals surface area contributed by atoms with Crippen molar-refractivity contribution in [2.75, 3.05) is 0 Å². The van der Waals surface area contributed by atoms with Gasteiger partial charge in [-0.05, 0) is 18.2 Å². The molecule has 0 aliphatic carbocycles. The molecule has 15 heavy (non-hydrogen) atoms. The van der Waals surface area contributed by atoms with E-state index in [1.807, 2.05) is 18.2 Å². The van der Waals surface area contributed by atoms with E-state index in [-0.39, 0.29) is 6.42 Å². The Hall–Kier alpha value is -1.79. The third kappa shape index (κ3) is 2.17. The molecule has 0 fully saturated rings. The monoisotopic (exact) mass is 218 g/mol. The smallest absolute Gasteiger partial charge is 0.226 e. The predicted octanol–water partition coefficient (Wildman–Crippen LogP) is 3.06. The van der Waals surface area contributed by atoms with E-state index < -0.39 is 0 Å². The molecule has 0 bridgehead atoms. The van der Waals surface area contributed by atoms with Crippen molar-refractivity contribution in [3.63, 3.8) is 0 Å². The molecule has 1 aromatic carbocycles. The van der Waals surface area contributed by atoms with E-state index in [0.29, 0.717) is 16.6 Å². The van der Waals surface area contributed by atoms with Crippen molar-refractivity contribution in [3.05, 3.63) is 41.2 Å². The lowest BCUT2D eigenvalue weighted by atomic mass is 10.2. The Balaban J connectivity index is 2.34. The number of oxazole rings is 1. The van der Waals surface area contributed by atoms with Gasteiger partial charge in [-0.15, -0.1) is 0 Å². The molecule has 0 amide bonds. The molecule has 74 valence electrons. The Morgan fingerprint density at radius 2 is 2.33 bits per heavy atom. The maximum Gasteiger partial charge on any atom is 0.226 e. The summed E-state index contributed by atoms with van der Waals surface area (Å²) in [6.07, 6.45) is 1.74. The maximum atomic E-state index is 8.49. The molecule has 0 unspecified atom stereocenters. The number of hydrogen-bond donors (Lipinski definition) is 0. The van der Waals surface area contributed by atoms with Gasteiger partial charge in [0.1, 0.15) is 6.26 Å². The van der Waals surface area contributed by atoms with Gasteiger partial charge in [-0.1, -0.05) is 17.7 Å². The Morgan fingerprint density at radius 1 is 1.47 bits per heavy atom. The van der Waals surface area contributed by atoms with Crippen molar-refractivity contribution >= 4 is 11.6 Å². The molecule has 0 aliphatic rings. The molecule has 1 aromatic heterocycles. The fraction of sp³-hybridized carbons (Fsp3) is 0.0909. The molecular formula is C11H7ClN2O. The Kier molecular flexibility index (Phi) is 2.70. The summed E-state index contributed by atoms with van der Waals surface area (Å²) in [5, 5.41) is 9.12. The number of rotatable bonds is 2. The second-order valence-corrected chi connectivity index (χ2v) is 3.43. The van der Waals surface area contributed by atoms with Gasteiger partial charge in [0.2, 0.25) is 5.89 Å². The zero-order valence-electron chi connectivity index (χ0n) is 7.77. The topological polar surface area (TPSA) is 49.8 Å². The van der Waals surface area contributed by atoms with E-state index in [1.54, 1.807) is 12.1 Å². The highest BCUT2D eigenvalue weighted by Crippen LogP contribution is 2.21. The van der Waals surface area contributed by atoms with E-state index in [0.717, 1.165) is 5.56 Å². The number of nitrogens with zero attached hydrogens (tertiary/aromatic N) is 2. The van der Waals surface area contributed by atoms with Crippen LogP contribution < -0.4 is 0 Å². The summed E-state index contributed by atoms with van der Waals surface area (Å²) < 4.78 is 5.24. The van der Waals surface area contributed by atoms with E-state index in [2.05, 4.69) is 4.98 Å². The maximum absolute atomic E-state index is 8.49. The van der Waals surface area contributed by atoms with Gasteiger partial charge < -0.3 is 4.42 Å². The highest BCUT2D eigenvalue weighted by molar-refractivity contribution is 6.30. The molecule has 0 aliphatic heterocycles. The fourth-order valence-corrected chi connectivity index (χ4v) is 1.41. The van der Waals surface area contributed by atoms with Crippen molar-refractivity contribution in [2.24, 2.45) is 0 Å². The van der Waals surface area contributed by atoms with Crippen LogP contribution in [-0.4, -0.2) is 4.98 Å². The molecule has 0 radical (unpaired) electrons. The van der Waals surface area contributed by atoms with Crippen LogP contribution in [0.3, 0.4) is 0 Å². The van der Waals surface area contributed by atoms with Gasteiger partial charge in [-0.25, -0.2) is 4.98 Å². The third-order valence-electron chi connectivity index (χ3n) is 1.88. The molecule has 1 heterocycles. The first kappa shape index (κ1) is 9.75. The van der Waals surface area contributed by atoms with Crippen LogP contribution >= 0.6 is 11.6 Å².